The molecule has 0 saturated carbocycles. The van der Waals surface area contributed by atoms with Crippen molar-refractivity contribution in [2.75, 3.05) is 6.54 Å². The van der Waals surface area contributed by atoms with Gasteiger partial charge < -0.3 is 5.73 Å². The highest BCUT2D eigenvalue weighted by atomic mass is 16.1. The third kappa shape index (κ3) is 4.26. The molecule has 5 rings (SSSR count). The molecule has 0 radical (unpaired) electrons. The number of hydrogen-bond acceptors (Lipinski definition) is 2. The number of benzene rings is 3. The van der Waals surface area contributed by atoms with E-state index in [9.17, 15) is 4.79 Å². The first-order valence-electron chi connectivity index (χ1n) is 11.7. The van der Waals surface area contributed by atoms with Crippen molar-refractivity contribution in [1.29, 1.82) is 0 Å². The van der Waals surface area contributed by atoms with Crippen molar-refractivity contribution in [3.05, 3.63) is 113 Å². The van der Waals surface area contributed by atoms with Crippen molar-refractivity contribution in [1.82, 2.24) is 4.90 Å². The molecular weight excluding hydrogens is 392 g/mol. The molecule has 2 N–H and O–H groups in total. The van der Waals surface area contributed by atoms with Crippen molar-refractivity contribution in [3.8, 4) is 0 Å². The first kappa shape index (κ1) is 20.7. The average molecular weight is 423 g/mol. The number of rotatable bonds is 6. The highest BCUT2D eigenvalue weighted by molar-refractivity contribution is 5.93. The van der Waals surface area contributed by atoms with E-state index in [0.29, 0.717) is 17.6 Å². The van der Waals surface area contributed by atoms with Crippen LogP contribution in [-0.4, -0.2) is 29.4 Å². The minimum atomic E-state index is -0.379. The summed E-state index contributed by atoms with van der Waals surface area (Å²) in [7, 11) is 0. The van der Waals surface area contributed by atoms with Gasteiger partial charge in [-0.3, -0.25) is 9.69 Å². The molecular formula is C29H30N2O. The topological polar surface area (TPSA) is 46.3 Å². The van der Waals surface area contributed by atoms with Gasteiger partial charge in [-0.25, -0.2) is 0 Å². The second-order valence-corrected chi connectivity index (χ2v) is 9.05. The standard InChI is InChI=1S/C29H30N2O/c30-29(32)24-13-11-23(12-14-24)28(22-9-5-2-6-10-22)25-19-26-15-16-27(20-25)31(26)18-17-21-7-3-1-4-8-21/h1-14,26-27H,15-20H2,(H2,30,32). The van der Waals surface area contributed by atoms with E-state index in [1.54, 1.807) is 5.57 Å². The molecule has 2 unspecified atom stereocenters. The SMILES string of the molecule is NC(=O)c1ccc(C(=C2CC3CCC(C2)N3CCc2ccccc2)c2ccccc2)cc1. The van der Waals surface area contributed by atoms with Gasteiger partial charge in [0, 0.05) is 24.2 Å². The summed E-state index contributed by atoms with van der Waals surface area (Å²) < 4.78 is 0. The summed E-state index contributed by atoms with van der Waals surface area (Å²) in [5, 5.41) is 0. The van der Waals surface area contributed by atoms with Gasteiger partial charge in [-0.1, -0.05) is 78.4 Å². The largest absolute Gasteiger partial charge is 0.366 e. The summed E-state index contributed by atoms with van der Waals surface area (Å²) in [5.74, 6) is -0.379. The van der Waals surface area contributed by atoms with Crippen molar-refractivity contribution in [2.24, 2.45) is 5.73 Å². The van der Waals surface area contributed by atoms with Gasteiger partial charge >= 0.3 is 0 Å². The fourth-order valence-corrected chi connectivity index (χ4v) is 5.56. The number of carbonyl (C=O) groups excluding carboxylic acids is 1. The molecule has 2 aliphatic heterocycles. The zero-order chi connectivity index (χ0) is 21.9. The van der Waals surface area contributed by atoms with E-state index in [4.69, 9.17) is 5.73 Å². The zero-order valence-electron chi connectivity index (χ0n) is 18.4. The molecule has 1 amide bonds. The minimum Gasteiger partial charge on any atom is -0.366 e. The quantitative estimate of drug-likeness (QED) is 0.574. The molecule has 0 aliphatic carbocycles. The highest BCUT2D eigenvalue weighted by Gasteiger charge is 2.39. The van der Waals surface area contributed by atoms with Crippen molar-refractivity contribution < 1.29 is 4.79 Å². The molecule has 162 valence electrons. The van der Waals surface area contributed by atoms with Gasteiger partial charge in [-0.05, 0) is 66.5 Å². The van der Waals surface area contributed by atoms with Gasteiger partial charge in [-0.2, -0.15) is 0 Å². The molecule has 0 spiro atoms. The number of nitrogens with two attached hydrogens (primary N) is 1. The molecule has 2 bridgehead atoms. The van der Waals surface area contributed by atoms with E-state index in [1.165, 1.54) is 35.1 Å². The van der Waals surface area contributed by atoms with Crippen molar-refractivity contribution in [2.45, 2.75) is 44.2 Å². The van der Waals surface area contributed by atoms with Crippen LogP contribution < -0.4 is 5.73 Å². The second kappa shape index (κ2) is 9.13. The molecule has 32 heavy (non-hydrogen) atoms. The first-order chi connectivity index (χ1) is 15.7. The maximum Gasteiger partial charge on any atom is 0.248 e. The molecule has 3 heteroatoms. The fraction of sp³-hybridized carbons (Fsp3) is 0.276. The van der Waals surface area contributed by atoms with Crippen LogP contribution in [0.4, 0.5) is 0 Å². The smallest absolute Gasteiger partial charge is 0.248 e. The summed E-state index contributed by atoms with van der Waals surface area (Å²) >= 11 is 0. The maximum absolute atomic E-state index is 11.6. The lowest BCUT2D eigenvalue weighted by atomic mass is 9.85. The monoisotopic (exact) mass is 422 g/mol. The van der Waals surface area contributed by atoms with Gasteiger partial charge in [0.2, 0.25) is 5.91 Å². The Morgan fingerprint density at radius 1 is 0.750 bits per heavy atom. The molecule has 2 atom stereocenters. The van der Waals surface area contributed by atoms with E-state index in [0.717, 1.165) is 25.8 Å². The van der Waals surface area contributed by atoms with Gasteiger partial charge in [-0.15, -0.1) is 0 Å². The number of carbonyl (C=O) groups is 1. The molecule has 0 aromatic heterocycles. The lowest BCUT2D eigenvalue weighted by molar-refractivity contribution is 0.100. The van der Waals surface area contributed by atoms with Crippen LogP contribution in [0.1, 0.15) is 52.7 Å². The third-order valence-corrected chi connectivity index (χ3v) is 7.11. The maximum atomic E-state index is 11.6. The zero-order valence-corrected chi connectivity index (χ0v) is 18.4. The van der Waals surface area contributed by atoms with Gasteiger partial charge in [0.15, 0.2) is 0 Å². The molecule has 3 aromatic rings. The second-order valence-electron chi connectivity index (χ2n) is 9.05. The van der Waals surface area contributed by atoms with Gasteiger partial charge in [0.1, 0.15) is 0 Å². The van der Waals surface area contributed by atoms with Crippen LogP contribution in [-0.2, 0) is 6.42 Å². The summed E-state index contributed by atoms with van der Waals surface area (Å²) in [6.07, 6.45) is 5.92. The van der Waals surface area contributed by atoms with Gasteiger partial charge in [0.25, 0.3) is 0 Å². The van der Waals surface area contributed by atoms with Crippen molar-refractivity contribution >= 4 is 11.5 Å². The number of hydrogen-bond donors (Lipinski definition) is 1. The van der Waals surface area contributed by atoms with E-state index in [2.05, 4.69) is 77.7 Å². The van der Waals surface area contributed by atoms with E-state index in [-0.39, 0.29) is 5.91 Å². The Morgan fingerprint density at radius 2 is 1.28 bits per heavy atom. The lowest BCUT2D eigenvalue weighted by Crippen LogP contribution is -2.41. The van der Waals surface area contributed by atoms with E-state index >= 15 is 0 Å². The summed E-state index contributed by atoms with van der Waals surface area (Å²) in [6, 6.07) is 30.6. The molecule has 3 nitrogen and oxygen atoms in total. The van der Waals surface area contributed by atoms with Crippen LogP contribution in [0.15, 0.2) is 90.5 Å². The van der Waals surface area contributed by atoms with Crippen LogP contribution in [0.5, 0.6) is 0 Å². The number of fused-ring (bicyclic) bond motifs is 2. The van der Waals surface area contributed by atoms with Crippen LogP contribution in [0.3, 0.4) is 0 Å². The Hall–Kier alpha value is -3.17. The summed E-state index contributed by atoms with van der Waals surface area (Å²) in [6.45, 7) is 1.14. The predicted octanol–water partition coefficient (Wildman–Crippen LogP) is 5.46. The number of amides is 1. The van der Waals surface area contributed by atoms with Crippen LogP contribution >= 0.6 is 0 Å². The summed E-state index contributed by atoms with van der Waals surface area (Å²) in [5.41, 5.74) is 12.8. The Labute approximate surface area is 190 Å². The van der Waals surface area contributed by atoms with Gasteiger partial charge in [0.05, 0.1) is 0 Å². The minimum absolute atomic E-state index is 0.379. The molecule has 3 aromatic carbocycles. The predicted molar refractivity (Wildman–Crippen MR) is 130 cm³/mol. The molecule has 2 saturated heterocycles. The fourth-order valence-electron chi connectivity index (χ4n) is 5.56. The highest BCUT2D eigenvalue weighted by Crippen LogP contribution is 2.42. The molecule has 2 aliphatic rings. The number of primary amides is 1. The van der Waals surface area contributed by atoms with Crippen LogP contribution in [0, 0.1) is 0 Å². The lowest BCUT2D eigenvalue weighted by Gasteiger charge is -2.37. The van der Waals surface area contributed by atoms with Crippen LogP contribution in [0.2, 0.25) is 0 Å². The number of piperidine rings is 1. The normalized spacial score (nSPS) is 20.3. The van der Waals surface area contributed by atoms with Crippen molar-refractivity contribution in [3.63, 3.8) is 0 Å². The third-order valence-electron chi connectivity index (χ3n) is 7.11. The average Bonchev–Trinajstić information content (AvgIpc) is 3.07. The Balaban J connectivity index is 1.43. The molecule has 2 fully saturated rings. The molecule has 2 heterocycles. The Morgan fingerprint density at radius 3 is 1.88 bits per heavy atom. The Kier molecular flexibility index (Phi) is 5.91. The van der Waals surface area contributed by atoms with E-state index in [1.807, 2.05) is 12.1 Å². The van der Waals surface area contributed by atoms with E-state index < -0.39 is 0 Å². The number of nitrogens with zero attached hydrogens (tertiary/aromatic N) is 1. The Bertz CT molecular complexity index is 1090. The van der Waals surface area contributed by atoms with Crippen LogP contribution in [0.25, 0.3) is 5.57 Å². The first-order valence-corrected chi connectivity index (χ1v) is 11.7. The summed E-state index contributed by atoms with van der Waals surface area (Å²) in [4.78, 5) is 14.3.